The lowest BCUT2D eigenvalue weighted by Crippen LogP contribution is -2.39. The number of urea groups is 1. The predicted octanol–water partition coefficient (Wildman–Crippen LogP) is 0.154. The quantitative estimate of drug-likeness (QED) is 0.565. The number of carbonyl (C=O) groups is 2. The van der Waals surface area contributed by atoms with Crippen molar-refractivity contribution in [1.29, 1.82) is 0 Å². The molecule has 0 bridgehead atoms. The first-order valence-corrected chi connectivity index (χ1v) is 7.53. The standard InChI is InChI=1S/C13H15N7O2S/c14-10-18-11(15)20-13(19-10)23-7-9(21)17-12(22)16-6-8-4-2-1-3-5-8/h1-5H,6-7H2,(H2,16,17,21,22)(H4,14,15,18,19,20). The molecule has 9 nitrogen and oxygen atoms in total. The first-order valence-electron chi connectivity index (χ1n) is 6.54. The molecular weight excluding hydrogens is 318 g/mol. The molecule has 0 fully saturated rings. The molecule has 1 heterocycles. The molecule has 6 N–H and O–H groups in total. The van der Waals surface area contributed by atoms with Crippen LogP contribution in [0.3, 0.4) is 0 Å². The van der Waals surface area contributed by atoms with Crippen molar-refractivity contribution < 1.29 is 9.59 Å². The van der Waals surface area contributed by atoms with E-state index in [0.29, 0.717) is 6.54 Å². The number of rotatable bonds is 5. The summed E-state index contributed by atoms with van der Waals surface area (Å²) in [6.45, 7) is 0.327. The van der Waals surface area contributed by atoms with Crippen molar-refractivity contribution in [3.63, 3.8) is 0 Å². The summed E-state index contributed by atoms with van der Waals surface area (Å²) in [5.41, 5.74) is 11.8. The fourth-order valence-corrected chi connectivity index (χ4v) is 2.22. The second kappa shape index (κ2) is 7.94. The van der Waals surface area contributed by atoms with Gasteiger partial charge in [-0.15, -0.1) is 0 Å². The number of thioether (sulfide) groups is 1. The minimum atomic E-state index is -0.575. The second-order valence-electron chi connectivity index (χ2n) is 4.34. The van der Waals surface area contributed by atoms with Gasteiger partial charge in [-0.05, 0) is 5.56 Å². The van der Waals surface area contributed by atoms with E-state index in [9.17, 15) is 9.59 Å². The molecule has 0 atom stereocenters. The maximum absolute atomic E-state index is 11.7. The van der Waals surface area contributed by atoms with Gasteiger partial charge in [-0.2, -0.15) is 15.0 Å². The Morgan fingerprint density at radius 1 is 1.04 bits per heavy atom. The van der Waals surface area contributed by atoms with Crippen LogP contribution in [0, 0.1) is 0 Å². The van der Waals surface area contributed by atoms with Crippen LogP contribution in [-0.2, 0) is 11.3 Å². The summed E-state index contributed by atoms with van der Waals surface area (Å²) >= 11 is 0.999. The van der Waals surface area contributed by atoms with Crippen molar-refractivity contribution in [2.45, 2.75) is 11.7 Å². The van der Waals surface area contributed by atoms with E-state index in [1.165, 1.54) is 0 Å². The van der Waals surface area contributed by atoms with E-state index in [0.717, 1.165) is 17.3 Å². The Kier molecular flexibility index (Phi) is 5.69. The number of imide groups is 1. The van der Waals surface area contributed by atoms with Gasteiger partial charge in [0.05, 0.1) is 5.75 Å². The Bertz CT molecular complexity index is 676. The van der Waals surface area contributed by atoms with Crippen molar-refractivity contribution in [2.75, 3.05) is 17.2 Å². The van der Waals surface area contributed by atoms with Crippen molar-refractivity contribution >= 4 is 35.6 Å². The smallest absolute Gasteiger partial charge is 0.321 e. The third-order valence-electron chi connectivity index (χ3n) is 2.53. The highest BCUT2D eigenvalue weighted by molar-refractivity contribution is 7.99. The molecule has 0 saturated heterocycles. The summed E-state index contributed by atoms with van der Waals surface area (Å²) < 4.78 is 0. The maximum Gasteiger partial charge on any atom is 0.321 e. The normalized spacial score (nSPS) is 10.1. The maximum atomic E-state index is 11.7. The molecule has 0 unspecified atom stereocenters. The molecule has 2 rings (SSSR count). The molecule has 23 heavy (non-hydrogen) atoms. The first kappa shape index (κ1) is 16.5. The van der Waals surface area contributed by atoms with E-state index in [1.54, 1.807) is 0 Å². The van der Waals surface area contributed by atoms with Gasteiger partial charge in [0.25, 0.3) is 0 Å². The van der Waals surface area contributed by atoms with Crippen LogP contribution in [0.25, 0.3) is 0 Å². The number of benzene rings is 1. The fraction of sp³-hybridized carbons (Fsp3) is 0.154. The average Bonchev–Trinajstić information content (AvgIpc) is 2.51. The fourth-order valence-electron chi connectivity index (χ4n) is 1.57. The van der Waals surface area contributed by atoms with E-state index in [4.69, 9.17) is 11.5 Å². The van der Waals surface area contributed by atoms with E-state index in [1.807, 2.05) is 30.3 Å². The zero-order valence-corrected chi connectivity index (χ0v) is 12.8. The lowest BCUT2D eigenvalue weighted by Gasteiger charge is -2.06. The van der Waals surface area contributed by atoms with Crippen molar-refractivity contribution in [3.05, 3.63) is 35.9 Å². The number of aromatic nitrogens is 3. The number of nitrogens with two attached hydrogens (primary N) is 2. The van der Waals surface area contributed by atoms with Gasteiger partial charge in [0.1, 0.15) is 0 Å². The molecule has 120 valence electrons. The highest BCUT2D eigenvalue weighted by Crippen LogP contribution is 2.13. The summed E-state index contributed by atoms with van der Waals surface area (Å²) in [6, 6.07) is 8.77. The number of hydrogen-bond acceptors (Lipinski definition) is 8. The van der Waals surface area contributed by atoms with E-state index < -0.39 is 11.9 Å². The molecule has 0 aliphatic carbocycles. The van der Waals surface area contributed by atoms with Gasteiger partial charge in [-0.25, -0.2) is 4.79 Å². The molecule has 10 heteroatoms. The third kappa shape index (κ3) is 5.79. The average molecular weight is 333 g/mol. The third-order valence-corrected chi connectivity index (χ3v) is 3.38. The highest BCUT2D eigenvalue weighted by Gasteiger charge is 2.10. The van der Waals surface area contributed by atoms with Crippen molar-refractivity contribution in [2.24, 2.45) is 0 Å². The van der Waals surface area contributed by atoms with Gasteiger partial charge in [0, 0.05) is 6.54 Å². The number of anilines is 2. The largest absolute Gasteiger partial charge is 0.368 e. The molecule has 0 saturated carbocycles. The number of hydrogen-bond donors (Lipinski definition) is 4. The highest BCUT2D eigenvalue weighted by atomic mass is 32.2. The van der Waals surface area contributed by atoms with Gasteiger partial charge in [0.15, 0.2) is 5.16 Å². The molecular formula is C13H15N7O2S. The van der Waals surface area contributed by atoms with E-state index in [2.05, 4.69) is 25.6 Å². The second-order valence-corrected chi connectivity index (χ2v) is 5.28. The molecule has 1 aromatic carbocycles. The Labute approximate surface area is 136 Å². The lowest BCUT2D eigenvalue weighted by atomic mass is 10.2. The summed E-state index contributed by atoms with van der Waals surface area (Å²) in [7, 11) is 0. The zero-order chi connectivity index (χ0) is 16.7. The SMILES string of the molecule is Nc1nc(N)nc(SCC(=O)NC(=O)NCc2ccccc2)n1. The van der Waals surface area contributed by atoms with E-state index in [-0.39, 0.29) is 22.8 Å². The van der Waals surface area contributed by atoms with Crippen LogP contribution in [-0.4, -0.2) is 32.6 Å². The minimum Gasteiger partial charge on any atom is -0.368 e. The molecule has 0 radical (unpaired) electrons. The van der Waals surface area contributed by atoms with Crippen LogP contribution < -0.4 is 22.1 Å². The summed E-state index contributed by atoms with van der Waals surface area (Å²) in [5, 5.41) is 5.01. The van der Waals surface area contributed by atoms with Crippen LogP contribution in [0.15, 0.2) is 35.5 Å². The van der Waals surface area contributed by atoms with Crippen LogP contribution in [0.5, 0.6) is 0 Å². The summed E-state index contributed by atoms with van der Waals surface area (Å²) in [5.74, 6) is -0.595. The molecule has 1 aromatic heterocycles. The summed E-state index contributed by atoms with van der Waals surface area (Å²) in [6.07, 6.45) is 0. The number of carbonyl (C=O) groups excluding carboxylic acids is 2. The molecule has 0 spiro atoms. The number of nitrogen functional groups attached to an aromatic ring is 2. The van der Waals surface area contributed by atoms with Crippen molar-refractivity contribution in [3.8, 4) is 0 Å². The van der Waals surface area contributed by atoms with Crippen LogP contribution >= 0.6 is 11.8 Å². The van der Waals surface area contributed by atoms with Gasteiger partial charge < -0.3 is 16.8 Å². The minimum absolute atomic E-state index is 0.0268. The molecule has 3 amide bonds. The number of amides is 3. The number of nitrogens with zero attached hydrogens (tertiary/aromatic N) is 3. The van der Waals surface area contributed by atoms with Gasteiger partial charge in [-0.1, -0.05) is 42.1 Å². The summed E-state index contributed by atoms with van der Waals surface area (Å²) in [4.78, 5) is 34.6. The Balaban J connectivity index is 1.74. The molecule has 0 aliphatic rings. The molecule has 2 aromatic rings. The predicted molar refractivity (Wildman–Crippen MR) is 86.2 cm³/mol. The Morgan fingerprint density at radius 3 is 2.35 bits per heavy atom. The monoisotopic (exact) mass is 333 g/mol. The van der Waals surface area contributed by atoms with E-state index >= 15 is 0 Å². The van der Waals surface area contributed by atoms with Crippen LogP contribution in [0.2, 0.25) is 0 Å². The topological polar surface area (TPSA) is 149 Å². The Hall–Kier alpha value is -2.88. The van der Waals surface area contributed by atoms with Crippen LogP contribution in [0.1, 0.15) is 5.56 Å². The number of nitrogens with one attached hydrogen (secondary N) is 2. The zero-order valence-electron chi connectivity index (χ0n) is 12.0. The molecule has 0 aliphatic heterocycles. The van der Waals surface area contributed by atoms with Gasteiger partial charge in [0.2, 0.25) is 17.8 Å². The van der Waals surface area contributed by atoms with Crippen LogP contribution in [0.4, 0.5) is 16.7 Å². The van der Waals surface area contributed by atoms with Gasteiger partial charge >= 0.3 is 6.03 Å². The first-order chi connectivity index (χ1) is 11.0. The lowest BCUT2D eigenvalue weighted by molar-refractivity contribution is -0.117. The van der Waals surface area contributed by atoms with Crippen molar-refractivity contribution in [1.82, 2.24) is 25.6 Å². The Morgan fingerprint density at radius 2 is 1.70 bits per heavy atom. The van der Waals surface area contributed by atoms with Gasteiger partial charge in [-0.3, -0.25) is 10.1 Å².